The van der Waals surface area contributed by atoms with Gasteiger partial charge >= 0.3 is 5.97 Å². The van der Waals surface area contributed by atoms with Crippen molar-refractivity contribution >= 4 is 5.97 Å². The molecule has 0 saturated heterocycles. The van der Waals surface area contributed by atoms with Crippen molar-refractivity contribution in [2.45, 2.75) is 0 Å². The molecular formula is C7H15N3O2. The van der Waals surface area contributed by atoms with E-state index in [-0.39, 0.29) is 0 Å². The van der Waals surface area contributed by atoms with Crippen LogP contribution in [0.25, 0.3) is 0 Å². The Balaban J connectivity index is 3.40. The number of hydrogen-bond acceptors (Lipinski definition) is 5. The molecule has 0 bridgehead atoms. The van der Waals surface area contributed by atoms with Crippen LogP contribution in [0.15, 0.2) is 12.7 Å². The van der Waals surface area contributed by atoms with Crippen molar-refractivity contribution in [1.82, 2.24) is 16.0 Å². The van der Waals surface area contributed by atoms with Gasteiger partial charge in [0, 0.05) is 20.2 Å². The molecule has 2 N–H and O–H groups in total. The molecule has 0 amide bonds. The van der Waals surface area contributed by atoms with E-state index in [0.717, 1.165) is 6.08 Å². The number of nitrogens with one attached hydrogen (secondary N) is 2. The Bertz CT molecular complexity index is 146. The topological polar surface area (TPSA) is 53.6 Å². The molecule has 0 aliphatic rings. The number of carbonyl (C=O) groups excluding carboxylic acids is 1. The SMILES string of the molecule is C=CC(=O)OCCN(NC)NC. The van der Waals surface area contributed by atoms with Gasteiger partial charge < -0.3 is 4.74 Å². The van der Waals surface area contributed by atoms with Gasteiger partial charge in [-0.2, -0.15) is 5.12 Å². The number of ether oxygens (including phenoxy) is 1. The maximum absolute atomic E-state index is 10.6. The summed E-state index contributed by atoms with van der Waals surface area (Å²) in [6.07, 6.45) is 1.14. The van der Waals surface area contributed by atoms with Gasteiger partial charge in [-0.05, 0) is 0 Å². The van der Waals surface area contributed by atoms with Gasteiger partial charge in [-0.1, -0.05) is 6.58 Å². The first-order valence-corrected chi connectivity index (χ1v) is 3.66. The van der Waals surface area contributed by atoms with Crippen LogP contribution < -0.4 is 10.9 Å². The summed E-state index contributed by atoms with van der Waals surface area (Å²) in [6.45, 7) is 4.18. The molecular weight excluding hydrogens is 158 g/mol. The van der Waals surface area contributed by atoms with Crippen molar-refractivity contribution < 1.29 is 9.53 Å². The molecule has 0 radical (unpaired) electrons. The van der Waals surface area contributed by atoms with E-state index < -0.39 is 5.97 Å². The number of carbonyl (C=O) groups is 1. The highest BCUT2D eigenvalue weighted by Crippen LogP contribution is 1.80. The zero-order valence-electron chi connectivity index (χ0n) is 7.46. The largest absolute Gasteiger partial charge is 0.461 e. The third-order valence-electron chi connectivity index (χ3n) is 1.27. The second kappa shape index (κ2) is 6.78. The second-order valence-electron chi connectivity index (χ2n) is 1.97. The molecule has 0 saturated carbocycles. The van der Waals surface area contributed by atoms with Gasteiger partial charge in [0.25, 0.3) is 0 Å². The van der Waals surface area contributed by atoms with Crippen LogP contribution >= 0.6 is 0 Å². The van der Waals surface area contributed by atoms with Crippen molar-refractivity contribution in [3.05, 3.63) is 12.7 Å². The zero-order valence-corrected chi connectivity index (χ0v) is 7.46. The number of esters is 1. The first-order valence-electron chi connectivity index (χ1n) is 3.66. The van der Waals surface area contributed by atoms with Crippen LogP contribution in [0.5, 0.6) is 0 Å². The van der Waals surface area contributed by atoms with Crippen molar-refractivity contribution in [1.29, 1.82) is 0 Å². The lowest BCUT2D eigenvalue weighted by atomic mass is 10.6. The quantitative estimate of drug-likeness (QED) is 0.315. The number of nitrogens with zero attached hydrogens (tertiary/aromatic N) is 1. The average Bonchev–Trinajstić information content (AvgIpc) is 2.12. The first kappa shape index (κ1) is 11.1. The van der Waals surface area contributed by atoms with Gasteiger partial charge in [0.1, 0.15) is 6.61 Å². The Morgan fingerprint density at radius 2 is 2.17 bits per heavy atom. The molecule has 0 spiro atoms. The van der Waals surface area contributed by atoms with Crippen molar-refractivity contribution in [3.63, 3.8) is 0 Å². The van der Waals surface area contributed by atoms with Gasteiger partial charge in [-0.15, -0.1) is 0 Å². The van der Waals surface area contributed by atoms with Crippen LogP contribution in [0.1, 0.15) is 0 Å². The molecule has 70 valence electrons. The number of hydrogen-bond donors (Lipinski definition) is 2. The molecule has 0 aromatic carbocycles. The van der Waals surface area contributed by atoms with E-state index in [1.165, 1.54) is 0 Å². The molecule has 5 nitrogen and oxygen atoms in total. The van der Waals surface area contributed by atoms with Crippen molar-refractivity contribution in [2.24, 2.45) is 0 Å². The predicted octanol–water partition coefficient (Wildman–Crippen LogP) is -0.714. The van der Waals surface area contributed by atoms with Crippen LogP contribution in [0.3, 0.4) is 0 Å². The lowest BCUT2D eigenvalue weighted by Crippen LogP contribution is -2.46. The van der Waals surface area contributed by atoms with Gasteiger partial charge in [0.15, 0.2) is 0 Å². The third-order valence-corrected chi connectivity index (χ3v) is 1.27. The smallest absolute Gasteiger partial charge is 0.330 e. The van der Waals surface area contributed by atoms with E-state index in [9.17, 15) is 4.79 Å². The van der Waals surface area contributed by atoms with Crippen LogP contribution in [0.2, 0.25) is 0 Å². The second-order valence-corrected chi connectivity index (χ2v) is 1.97. The van der Waals surface area contributed by atoms with Gasteiger partial charge in [-0.3, -0.25) is 0 Å². The molecule has 0 aliphatic heterocycles. The highest BCUT2D eigenvalue weighted by atomic mass is 16.5. The van der Waals surface area contributed by atoms with E-state index in [2.05, 4.69) is 17.4 Å². The molecule has 0 atom stereocenters. The molecule has 0 aliphatic carbocycles. The Morgan fingerprint density at radius 3 is 2.58 bits per heavy atom. The van der Waals surface area contributed by atoms with Crippen LogP contribution in [0, 0.1) is 0 Å². The van der Waals surface area contributed by atoms with E-state index in [1.54, 1.807) is 19.2 Å². The Labute approximate surface area is 72.3 Å². The highest BCUT2D eigenvalue weighted by Gasteiger charge is 1.99. The van der Waals surface area contributed by atoms with Crippen LogP contribution in [0.4, 0.5) is 0 Å². The first-order chi connectivity index (χ1) is 5.74. The van der Waals surface area contributed by atoms with Gasteiger partial charge in [0.2, 0.25) is 0 Å². The van der Waals surface area contributed by atoms with Gasteiger partial charge in [-0.25, -0.2) is 15.6 Å². The minimum Gasteiger partial charge on any atom is -0.461 e. The highest BCUT2D eigenvalue weighted by molar-refractivity contribution is 5.81. The molecule has 0 fully saturated rings. The summed E-state index contributed by atoms with van der Waals surface area (Å²) in [6, 6.07) is 0. The van der Waals surface area contributed by atoms with E-state index in [1.807, 2.05) is 0 Å². The van der Waals surface area contributed by atoms with Crippen LogP contribution in [-0.4, -0.2) is 38.3 Å². The van der Waals surface area contributed by atoms with E-state index in [4.69, 9.17) is 4.74 Å². The third kappa shape index (κ3) is 4.84. The van der Waals surface area contributed by atoms with Gasteiger partial charge in [0.05, 0.1) is 6.54 Å². The fourth-order valence-electron chi connectivity index (χ4n) is 0.632. The fourth-order valence-corrected chi connectivity index (χ4v) is 0.632. The molecule has 0 aromatic heterocycles. The zero-order chi connectivity index (χ0) is 9.40. The lowest BCUT2D eigenvalue weighted by molar-refractivity contribution is -0.138. The summed E-state index contributed by atoms with van der Waals surface area (Å²) in [7, 11) is 3.54. The Hall–Kier alpha value is -0.910. The monoisotopic (exact) mass is 173 g/mol. The van der Waals surface area contributed by atoms with Crippen molar-refractivity contribution in [3.8, 4) is 0 Å². The maximum Gasteiger partial charge on any atom is 0.330 e. The summed E-state index contributed by atoms with van der Waals surface area (Å²) in [4.78, 5) is 10.6. The predicted molar refractivity (Wildman–Crippen MR) is 46.0 cm³/mol. The Morgan fingerprint density at radius 1 is 1.58 bits per heavy atom. The van der Waals surface area contributed by atoms with Crippen molar-refractivity contribution in [2.75, 3.05) is 27.2 Å². The lowest BCUT2D eigenvalue weighted by Gasteiger charge is -2.18. The van der Waals surface area contributed by atoms with E-state index in [0.29, 0.717) is 13.2 Å². The standard InChI is InChI=1S/C7H15N3O2/c1-4-7(11)12-6-5-10(8-2)9-3/h4,8-9H,1,5-6H2,2-3H3. The molecule has 0 unspecified atom stereocenters. The molecule has 0 heterocycles. The summed E-state index contributed by atoms with van der Waals surface area (Å²) in [5.74, 6) is -0.401. The minimum absolute atomic E-state index is 0.326. The minimum atomic E-state index is -0.401. The average molecular weight is 173 g/mol. The fraction of sp³-hybridized carbons (Fsp3) is 0.571. The number of rotatable bonds is 6. The molecule has 0 rings (SSSR count). The summed E-state index contributed by atoms with van der Waals surface area (Å²) in [5, 5.41) is 1.69. The number of hydrazine groups is 2. The molecule has 0 aromatic rings. The summed E-state index contributed by atoms with van der Waals surface area (Å²) in [5.41, 5.74) is 5.70. The normalized spacial score (nSPS) is 9.92. The maximum atomic E-state index is 10.6. The van der Waals surface area contributed by atoms with E-state index >= 15 is 0 Å². The molecule has 12 heavy (non-hydrogen) atoms. The summed E-state index contributed by atoms with van der Waals surface area (Å²) >= 11 is 0. The van der Waals surface area contributed by atoms with Crippen LogP contribution in [-0.2, 0) is 9.53 Å². The Kier molecular flexibility index (Phi) is 6.26. The molecule has 5 heteroatoms. The summed E-state index contributed by atoms with van der Waals surface area (Å²) < 4.78 is 4.75.